The summed E-state index contributed by atoms with van der Waals surface area (Å²) in [7, 11) is 0. The van der Waals surface area contributed by atoms with E-state index in [2.05, 4.69) is 22.3 Å². The van der Waals surface area contributed by atoms with Gasteiger partial charge in [0.05, 0.1) is 6.20 Å². The SMILES string of the molecule is CCCOCCCNc1nccn2nccc12. The van der Waals surface area contributed by atoms with Crippen molar-refractivity contribution in [3.05, 3.63) is 24.7 Å². The van der Waals surface area contributed by atoms with E-state index < -0.39 is 0 Å². The lowest BCUT2D eigenvalue weighted by Crippen LogP contribution is -2.08. The topological polar surface area (TPSA) is 51.5 Å². The van der Waals surface area contributed by atoms with Gasteiger partial charge >= 0.3 is 0 Å². The van der Waals surface area contributed by atoms with Crippen molar-refractivity contribution in [2.45, 2.75) is 19.8 Å². The van der Waals surface area contributed by atoms with Crippen LogP contribution in [0.25, 0.3) is 5.52 Å². The van der Waals surface area contributed by atoms with Crippen LogP contribution in [0.2, 0.25) is 0 Å². The van der Waals surface area contributed by atoms with Crippen LogP contribution in [-0.4, -0.2) is 34.4 Å². The Morgan fingerprint density at radius 3 is 3.18 bits per heavy atom. The Morgan fingerprint density at radius 2 is 2.29 bits per heavy atom. The monoisotopic (exact) mass is 234 g/mol. The van der Waals surface area contributed by atoms with Crippen molar-refractivity contribution >= 4 is 11.3 Å². The van der Waals surface area contributed by atoms with Gasteiger partial charge in [0.1, 0.15) is 5.52 Å². The number of fused-ring (bicyclic) bond motifs is 1. The van der Waals surface area contributed by atoms with E-state index in [0.29, 0.717) is 0 Å². The van der Waals surface area contributed by atoms with Gasteiger partial charge in [0.2, 0.25) is 0 Å². The van der Waals surface area contributed by atoms with Crippen LogP contribution in [-0.2, 0) is 4.74 Å². The molecule has 5 heteroatoms. The molecular formula is C12H18N4O. The van der Waals surface area contributed by atoms with E-state index in [1.54, 1.807) is 12.4 Å². The second-order valence-electron chi connectivity index (χ2n) is 3.83. The van der Waals surface area contributed by atoms with Crippen LogP contribution in [0.3, 0.4) is 0 Å². The highest BCUT2D eigenvalue weighted by atomic mass is 16.5. The first kappa shape index (κ1) is 11.9. The molecular weight excluding hydrogens is 216 g/mol. The van der Waals surface area contributed by atoms with Crippen molar-refractivity contribution < 1.29 is 4.74 Å². The van der Waals surface area contributed by atoms with E-state index >= 15 is 0 Å². The van der Waals surface area contributed by atoms with Gasteiger partial charge in [0.25, 0.3) is 0 Å². The predicted octanol–water partition coefficient (Wildman–Crippen LogP) is 1.96. The Bertz CT molecular complexity index is 454. The van der Waals surface area contributed by atoms with E-state index in [-0.39, 0.29) is 0 Å². The second-order valence-corrected chi connectivity index (χ2v) is 3.83. The molecule has 0 bridgehead atoms. The molecule has 2 heterocycles. The third-order valence-electron chi connectivity index (χ3n) is 2.43. The number of hydrogen-bond donors (Lipinski definition) is 1. The molecule has 0 saturated heterocycles. The highest BCUT2D eigenvalue weighted by Gasteiger charge is 2.01. The molecule has 0 unspecified atom stereocenters. The van der Waals surface area contributed by atoms with E-state index in [1.165, 1.54) is 0 Å². The Balaban J connectivity index is 1.80. The van der Waals surface area contributed by atoms with Crippen molar-refractivity contribution in [3.8, 4) is 0 Å². The van der Waals surface area contributed by atoms with Gasteiger partial charge in [-0.1, -0.05) is 6.92 Å². The molecule has 0 spiro atoms. The number of nitrogens with one attached hydrogen (secondary N) is 1. The Morgan fingerprint density at radius 1 is 1.35 bits per heavy atom. The smallest absolute Gasteiger partial charge is 0.152 e. The fourth-order valence-electron chi connectivity index (χ4n) is 1.62. The number of hydrogen-bond acceptors (Lipinski definition) is 4. The molecule has 1 N–H and O–H groups in total. The minimum Gasteiger partial charge on any atom is -0.381 e. The van der Waals surface area contributed by atoms with Gasteiger partial charge in [-0.3, -0.25) is 0 Å². The summed E-state index contributed by atoms with van der Waals surface area (Å²) in [4.78, 5) is 4.30. The lowest BCUT2D eigenvalue weighted by molar-refractivity contribution is 0.134. The minimum atomic E-state index is 0.795. The maximum absolute atomic E-state index is 5.42. The fraction of sp³-hybridized carbons (Fsp3) is 0.500. The Labute approximate surface area is 101 Å². The summed E-state index contributed by atoms with van der Waals surface area (Å²) in [5, 5.41) is 7.46. The fourth-order valence-corrected chi connectivity index (χ4v) is 1.62. The Hall–Kier alpha value is -1.62. The predicted molar refractivity (Wildman–Crippen MR) is 67.2 cm³/mol. The first-order chi connectivity index (χ1) is 8.42. The van der Waals surface area contributed by atoms with Crippen LogP contribution in [0.5, 0.6) is 0 Å². The largest absolute Gasteiger partial charge is 0.381 e. The molecule has 0 amide bonds. The molecule has 17 heavy (non-hydrogen) atoms. The van der Waals surface area contributed by atoms with Crippen molar-refractivity contribution in [1.29, 1.82) is 0 Å². The van der Waals surface area contributed by atoms with E-state index in [4.69, 9.17) is 4.74 Å². The zero-order chi connectivity index (χ0) is 11.9. The molecule has 2 aromatic rings. The lowest BCUT2D eigenvalue weighted by Gasteiger charge is -2.07. The van der Waals surface area contributed by atoms with Crippen LogP contribution >= 0.6 is 0 Å². The summed E-state index contributed by atoms with van der Waals surface area (Å²) in [5.41, 5.74) is 1.00. The zero-order valence-corrected chi connectivity index (χ0v) is 10.1. The average molecular weight is 234 g/mol. The third-order valence-corrected chi connectivity index (χ3v) is 2.43. The molecule has 0 radical (unpaired) electrons. The highest BCUT2D eigenvalue weighted by Crippen LogP contribution is 2.11. The number of ether oxygens (including phenoxy) is 1. The van der Waals surface area contributed by atoms with E-state index in [9.17, 15) is 0 Å². The molecule has 0 aliphatic heterocycles. The molecule has 0 fully saturated rings. The molecule has 92 valence electrons. The van der Waals surface area contributed by atoms with Crippen LogP contribution in [0.15, 0.2) is 24.7 Å². The van der Waals surface area contributed by atoms with Gasteiger partial charge in [-0.2, -0.15) is 5.10 Å². The Kier molecular flexibility index (Phi) is 4.32. The maximum atomic E-state index is 5.42. The standard InChI is InChI=1S/C12H18N4O/c1-2-9-17-10-3-5-13-12-11-4-6-15-16(11)8-7-14-12/h4,6-8H,2-3,5,9-10H2,1H3,(H,13,14). The number of rotatable bonds is 7. The van der Waals surface area contributed by atoms with Crippen molar-refractivity contribution in [2.75, 3.05) is 25.1 Å². The lowest BCUT2D eigenvalue weighted by atomic mass is 10.4. The van der Waals surface area contributed by atoms with Crippen molar-refractivity contribution in [3.63, 3.8) is 0 Å². The molecule has 0 saturated carbocycles. The number of nitrogens with zero attached hydrogens (tertiary/aromatic N) is 3. The van der Waals surface area contributed by atoms with Crippen LogP contribution in [0.1, 0.15) is 19.8 Å². The van der Waals surface area contributed by atoms with Crippen LogP contribution in [0.4, 0.5) is 5.82 Å². The average Bonchev–Trinajstić information content (AvgIpc) is 2.82. The highest BCUT2D eigenvalue weighted by molar-refractivity contribution is 5.66. The summed E-state index contributed by atoms with van der Waals surface area (Å²) in [6.07, 6.45) is 7.41. The maximum Gasteiger partial charge on any atom is 0.152 e. The van der Waals surface area contributed by atoms with E-state index in [1.807, 2.05) is 16.8 Å². The molecule has 2 rings (SSSR count). The summed E-state index contributed by atoms with van der Waals surface area (Å²) in [6, 6.07) is 1.95. The van der Waals surface area contributed by atoms with Gasteiger partial charge in [-0.15, -0.1) is 0 Å². The van der Waals surface area contributed by atoms with Crippen molar-refractivity contribution in [1.82, 2.24) is 14.6 Å². The summed E-state index contributed by atoms with van der Waals surface area (Å²) < 4.78 is 7.22. The quantitative estimate of drug-likeness (QED) is 0.744. The summed E-state index contributed by atoms with van der Waals surface area (Å²) in [5.74, 6) is 0.875. The molecule has 0 aliphatic rings. The first-order valence-corrected chi connectivity index (χ1v) is 6.02. The number of anilines is 1. The molecule has 2 aromatic heterocycles. The van der Waals surface area contributed by atoms with Crippen molar-refractivity contribution in [2.24, 2.45) is 0 Å². The normalized spacial score (nSPS) is 10.9. The van der Waals surface area contributed by atoms with Crippen LogP contribution < -0.4 is 5.32 Å². The van der Waals surface area contributed by atoms with Gasteiger partial charge in [0.15, 0.2) is 5.82 Å². The third kappa shape index (κ3) is 3.17. The minimum absolute atomic E-state index is 0.795. The summed E-state index contributed by atoms with van der Waals surface area (Å²) in [6.45, 7) is 4.61. The van der Waals surface area contributed by atoms with Crippen LogP contribution in [0, 0.1) is 0 Å². The van der Waals surface area contributed by atoms with Gasteiger partial charge in [-0.05, 0) is 18.9 Å². The van der Waals surface area contributed by atoms with E-state index in [0.717, 1.165) is 43.9 Å². The summed E-state index contributed by atoms with van der Waals surface area (Å²) >= 11 is 0. The molecule has 0 aliphatic carbocycles. The van der Waals surface area contributed by atoms with Gasteiger partial charge in [-0.25, -0.2) is 9.50 Å². The first-order valence-electron chi connectivity index (χ1n) is 6.02. The van der Waals surface area contributed by atoms with Gasteiger partial charge in [0, 0.05) is 32.2 Å². The number of aromatic nitrogens is 3. The second kappa shape index (κ2) is 6.20. The molecule has 0 aromatic carbocycles. The molecule has 5 nitrogen and oxygen atoms in total. The zero-order valence-electron chi connectivity index (χ0n) is 10.1. The molecule has 0 atom stereocenters. The van der Waals surface area contributed by atoms with Gasteiger partial charge < -0.3 is 10.1 Å².